The Labute approximate surface area is 167 Å². The quantitative estimate of drug-likeness (QED) is 0.779. The fraction of sp³-hybridized carbons (Fsp3) is 0.500. The van der Waals surface area contributed by atoms with E-state index < -0.39 is 0 Å². The summed E-state index contributed by atoms with van der Waals surface area (Å²) in [5, 5.41) is 3.37. The van der Waals surface area contributed by atoms with Crippen molar-refractivity contribution in [3.63, 3.8) is 0 Å². The highest BCUT2D eigenvalue weighted by molar-refractivity contribution is 5.70. The van der Waals surface area contributed by atoms with E-state index >= 15 is 0 Å². The number of nitrogens with zero attached hydrogens (tertiary/aromatic N) is 4. The Morgan fingerprint density at radius 3 is 2.75 bits per heavy atom. The molecule has 28 heavy (non-hydrogen) atoms. The van der Waals surface area contributed by atoms with E-state index in [1.165, 1.54) is 36.3 Å². The Bertz CT molecular complexity index is 818. The normalized spacial score (nSPS) is 18.6. The Morgan fingerprint density at radius 1 is 0.964 bits per heavy atom. The summed E-state index contributed by atoms with van der Waals surface area (Å²) in [7, 11) is 0. The van der Waals surface area contributed by atoms with Crippen molar-refractivity contribution in [3.8, 4) is 5.75 Å². The smallest absolute Gasteiger partial charge is 0.150 e. The zero-order valence-corrected chi connectivity index (χ0v) is 16.4. The van der Waals surface area contributed by atoms with Crippen LogP contribution in [-0.4, -0.2) is 62.4 Å². The number of rotatable bonds is 6. The number of benzene rings is 1. The van der Waals surface area contributed by atoms with Gasteiger partial charge >= 0.3 is 0 Å². The Kier molecular flexibility index (Phi) is 4.95. The molecule has 1 fully saturated rings. The highest BCUT2D eigenvalue weighted by Crippen LogP contribution is 2.36. The first-order chi connectivity index (χ1) is 13.9. The van der Waals surface area contributed by atoms with Crippen LogP contribution in [0.1, 0.15) is 18.4 Å². The van der Waals surface area contributed by atoms with Crippen LogP contribution >= 0.6 is 0 Å². The molecule has 6 heteroatoms. The monoisotopic (exact) mass is 379 g/mol. The predicted octanol–water partition coefficient (Wildman–Crippen LogP) is 2.81. The van der Waals surface area contributed by atoms with Crippen molar-refractivity contribution in [2.75, 3.05) is 67.7 Å². The van der Waals surface area contributed by atoms with Gasteiger partial charge in [0.1, 0.15) is 5.75 Å². The summed E-state index contributed by atoms with van der Waals surface area (Å²) in [6, 6.07) is 10.8. The fourth-order valence-corrected chi connectivity index (χ4v) is 4.54. The number of hydrogen-bond acceptors (Lipinski definition) is 6. The second-order valence-corrected chi connectivity index (χ2v) is 7.87. The van der Waals surface area contributed by atoms with Gasteiger partial charge in [0.15, 0.2) is 5.82 Å². The molecule has 0 bridgehead atoms. The third-order valence-electron chi connectivity index (χ3n) is 6.12. The molecule has 0 radical (unpaired) electrons. The van der Waals surface area contributed by atoms with Crippen LogP contribution < -0.4 is 19.9 Å². The molecule has 1 aromatic carbocycles. The second-order valence-electron chi connectivity index (χ2n) is 7.87. The lowest BCUT2D eigenvalue weighted by Gasteiger charge is -2.36. The van der Waals surface area contributed by atoms with Gasteiger partial charge in [0, 0.05) is 45.3 Å². The Balaban J connectivity index is 1.06. The van der Waals surface area contributed by atoms with Crippen molar-refractivity contribution >= 4 is 17.2 Å². The molecule has 148 valence electrons. The number of aromatic nitrogens is 1. The van der Waals surface area contributed by atoms with Crippen molar-refractivity contribution in [2.24, 2.45) is 0 Å². The van der Waals surface area contributed by atoms with Crippen LogP contribution in [0, 0.1) is 0 Å². The molecular weight excluding hydrogens is 350 g/mol. The summed E-state index contributed by atoms with van der Waals surface area (Å²) in [5.41, 5.74) is 3.91. The van der Waals surface area contributed by atoms with Crippen molar-refractivity contribution in [3.05, 3.63) is 42.1 Å². The van der Waals surface area contributed by atoms with E-state index in [1.807, 2.05) is 12.3 Å². The first kappa shape index (κ1) is 17.6. The second kappa shape index (κ2) is 7.87. The molecule has 6 nitrogen and oxygen atoms in total. The summed E-state index contributed by atoms with van der Waals surface area (Å²) >= 11 is 0. The van der Waals surface area contributed by atoms with E-state index in [-0.39, 0.29) is 0 Å². The van der Waals surface area contributed by atoms with Gasteiger partial charge in [-0.25, -0.2) is 4.98 Å². The van der Waals surface area contributed by atoms with Crippen LogP contribution in [0.5, 0.6) is 5.75 Å². The molecule has 3 aliphatic rings. The summed E-state index contributed by atoms with van der Waals surface area (Å²) in [4.78, 5) is 11.9. The predicted molar refractivity (Wildman–Crippen MR) is 114 cm³/mol. The standard InChI is InChI=1S/C22H29N5O/c1(2-11-27-17-24-22-20(27)7-4-9-23-22)10-25-12-14-26(15-13-25)19-6-3-5-18-8-16-28-21(18)19/h3-7,9H,1-2,8,10-17H2,(H,23,24). The van der Waals surface area contributed by atoms with Crippen molar-refractivity contribution < 1.29 is 4.74 Å². The largest absolute Gasteiger partial charge is 0.491 e. The lowest BCUT2D eigenvalue weighted by Crippen LogP contribution is -2.46. The molecule has 0 atom stereocenters. The molecule has 1 saturated heterocycles. The van der Waals surface area contributed by atoms with Gasteiger partial charge in [0.25, 0.3) is 0 Å². The summed E-state index contributed by atoms with van der Waals surface area (Å²) in [5.74, 6) is 2.15. The lowest BCUT2D eigenvalue weighted by molar-refractivity contribution is 0.252. The molecule has 0 aliphatic carbocycles. The molecule has 5 rings (SSSR count). The minimum atomic E-state index is 0.833. The van der Waals surface area contributed by atoms with Crippen molar-refractivity contribution in [1.82, 2.24) is 9.88 Å². The van der Waals surface area contributed by atoms with Gasteiger partial charge < -0.3 is 19.9 Å². The first-order valence-electron chi connectivity index (χ1n) is 10.5. The van der Waals surface area contributed by atoms with Crippen LogP contribution in [0.4, 0.5) is 17.2 Å². The topological polar surface area (TPSA) is 43.9 Å². The Hall–Kier alpha value is -2.47. The number of piperazine rings is 1. The summed E-state index contributed by atoms with van der Waals surface area (Å²) in [6.45, 7) is 8.47. The minimum Gasteiger partial charge on any atom is -0.491 e. The van der Waals surface area contributed by atoms with Crippen LogP contribution in [0.2, 0.25) is 0 Å². The van der Waals surface area contributed by atoms with Gasteiger partial charge in [-0.3, -0.25) is 4.90 Å². The van der Waals surface area contributed by atoms with E-state index in [0.29, 0.717) is 0 Å². The number of unbranched alkanes of at least 4 members (excludes halogenated alkanes) is 1. The Morgan fingerprint density at radius 2 is 1.82 bits per heavy atom. The van der Waals surface area contributed by atoms with E-state index in [2.05, 4.69) is 49.3 Å². The van der Waals surface area contributed by atoms with Gasteiger partial charge in [-0.15, -0.1) is 0 Å². The van der Waals surface area contributed by atoms with Gasteiger partial charge in [-0.05, 0) is 43.1 Å². The van der Waals surface area contributed by atoms with E-state index in [9.17, 15) is 0 Å². The van der Waals surface area contributed by atoms with E-state index in [4.69, 9.17) is 4.74 Å². The van der Waals surface area contributed by atoms with Gasteiger partial charge in [-0.2, -0.15) is 0 Å². The molecule has 4 heterocycles. The molecule has 3 aliphatic heterocycles. The van der Waals surface area contributed by atoms with Crippen LogP contribution in [-0.2, 0) is 6.42 Å². The summed E-state index contributed by atoms with van der Waals surface area (Å²) in [6.07, 6.45) is 5.37. The van der Waals surface area contributed by atoms with Crippen LogP contribution in [0.25, 0.3) is 0 Å². The van der Waals surface area contributed by atoms with Crippen molar-refractivity contribution in [1.29, 1.82) is 0 Å². The molecule has 1 aromatic heterocycles. The molecule has 0 spiro atoms. The molecule has 1 N–H and O–H groups in total. The maximum Gasteiger partial charge on any atom is 0.150 e. The van der Waals surface area contributed by atoms with Gasteiger partial charge in [0.2, 0.25) is 0 Å². The zero-order chi connectivity index (χ0) is 18.8. The third-order valence-corrected chi connectivity index (χ3v) is 6.12. The van der Waals surface area contributed by atoms with E-state index in [1.54, 1.807) is 0 Å². The average Bonchev–Trinajstić information content (AvgIpc) is 3.39. The molecule has 0 saturated carbocycles. The van der Waals surface area contributed by atoms with E-state index in [0.717, 1.165) is 64.0 Å². The number of ether oxygens (including phenoxy) is 1. The SMILES string of the molecule is c1cnc2c(c1)N(CCCCN1CCN(c3cccc4c3OCC4)CC1)CN2. The van der Waals surface area contributed by atoms with Gasteiger partial charge in [0.05, 0.1) is 24.7 Å². The average molecular weight is 380 g/mol. The highest BCUT2D eigenvalue weighted by Gasteiger charge is 2.23. The van der Waals surface area contributed by atoms with Crippen LogP contribution in [0.3, 0.4) is 0 Å². The molecular formula is C22H29N5O. The van der Waals surface area contributed by atoms with Crippen LogP contribution in [0.15, 0.2) is 36.5 Å². The number of hydrogen-bond donors (Lipinski definition) is 1. The molecule has 0 unspecified atom stereocenters. The van der Waals surface area contributed by atoms with Gasteiger partial charge in [-0.1, -0.05) is 12.1 Å². The van der Waals surface area contributed by atoms with Crippen molar-refractivity contribution in [2.45, 2.75) is 19.3 Å². The fourth-order valence-electron chi connectivity index (χ4n) is 4.54. The number of fused-ring (bicyclic) bond motifs is 2. The highest BCUT2D eigenvalue weighted by atomic mass is 16.5. The number of anilines is 3. The molecule has 0 amide bonds. The summed E-state index contributed by atoms with van der Waals surface area (Å²) < 4.78 is 5.89. The third kappa shape index (κ3) is 3.49. The first-order valence-corrected chi connectivity index (χ1v) is 10.5. The number of pyridine rings is 1. The number of para-hydroxylation sites is 1. The maximum atomic E-state index is 5.89. The lowest BCUT2D eigenvalue weighted by atomic mass is 10.1. The maximum absolute atomic E-state index is 5.89. The molecule has 2 aromatic rings. The number of nitrogens with one attached hydrogen (secondary N) is 1. The minimum absolute atomic E-state index is 0.833. The zero-order valence-electron chi connectivity index (χ0n) is 16.4.